The van der Waals surface area contributed by atoms with Crippen molar-refractivity contribution < 1.29 is 9.90 Å². The number of fused-ring (bicyclic) bond motifs is 1. The van der Waals surface area contributed by atoms with Gasteiger partial charge in [-0.05, 0) is 32.9 Å². The summed E-state index contributed by atoms with van der Waals surface area (Å²) in [5.74, 6) is -0.940. The fourth-order valence-corrected chi connectivity index (χ4v) is 2.25. The molecule has 5 heteroatoms. The van der Waals surface area contributed by atoms with Gasteiger partial charge in [0.1, 0.15) is 0 Å². The number of aromatic carboxylic acids is 1. The number of hydrogen-bond donors (Lipinski definition) is 1. The monoisotopic (exact) mass is 296 g/mol. The number of halogens is 1. The van der Waals surface area contributed by atoms with Crippen LogP contribution < -0.4 is 0 Å². The van der Waals surface area contributed by atoms with Gasteiger partial charge >= 0.3 is 5.97 Å². The number of aromatic nitrogens is 2. The van der Waals surface area contributed by atoms with Crippen LogP contribution in [0.15, 0.2) is 22.8 Å². The topological polar surface area (TPSA) is 55.1 Å². The van der Waals surface area contributed by atoms with Crippen molar-refractivity contribution in [2.24, 2.45) is 0 Å². The van der Waals surface area contributed by atoms with Crippen LogP contribution in [0.4, 0.5) is 0 Å². The highest BCUT2D eigenvalue weighted by molar-refractivity contribution is 9.10. The molecule has 0 aliphatic carbocycles. The van der Waals surface area contributed by atoms with Crippen molar-refractivity contribution in [2.45, 2.75) is 26.3 Å². The van der Waals surface area contributed by atoms with Gasteiger partial charge in [0.25, 0.3) is 0 Å². The van der Waals surface area contributed by atoms with Gasteiger partial charge in [-0.3, -0.25) is 4.68 Å². The quantitative estimate of drug-likeness (QED) is 0.879. The van der Waals surface area contributed by atoms with Crippen LogP contribution >= 0.6 is 15.9 Å². The summed E-state index contributed by atoms with van der Waals surface area (Å²) in [6.07, 6.45) is 1.61. The highest BCUT2D eigenvalue weighted by Crippen LogP contribution is 2.28. The fraction of sp³-hybridized carbons (Fsp3) is 0.333. The zero-order valence-corrected chi connectivity index (χ0v) is 11.4. The number of rotatable bonds is 1. The summed E-state index contributed by atoms with van der Waals surface area (Å²) in [7, 11) is 0. The van der Waals surface area contributed by atoms with E-state index in [0.717, 1.165) is 9.99 Å². The molecule has 1 heterocycles. The van der Waals surface area contributed by atoms with Crippen LogP contribution in [0.5, 0.6) is 0 Å². The Labute approximate surface area is 107 Å². The van der Waals surface area contributed by atoms with Crippen molar-refractivity contribution in [3.05, 3.63) is 28.4 Å². The molecule has 0 aliphatic rings. The van der Waals surface area contributed by atoms with E-state index in [9.17, 15) is 4.79 Å². The first-order valence-electron chi connectivity index (χ1n) is 5.22. The third-order valence-corrected chi connectivity index (χ3v) is 2.98. The minimum atomic E-state index is -0.940. The van der Waals surface area contributed by atoms with Gasteiger partial charge in [-0.15, -0.1) is 0 Å². The number of carboxylic acid groups (broad SMARTS) is 1. The molecule has 0 saturated carbocycles. The van der Waals surface area contributed by atoms with Crippen LogP contribution in [0.2, 0.25) is 0 Å². The Morgan fingerprint density at radius 3 is 2.59 bits per heavy atom. The van der Waals surface area contributed by atoms with Crippen LogP contribution in [0.1, 0.15) is 31.1 Å². The molecule has 0 saturated heterocycles. The zero-order valence-electron chi connectivity index (χ0n) is 9.86. The summed E-state index contributed by atoms with van der Waals surface area (Å²) in [5, 5.41) is 14.1. The second kappa shape index (κ2) is 3.84. The maximum Gasteiger partial charge on any atom is 0.336 e. The molecule has 90 valence electrons. The Hall–Kier alpha value is -1.36. The summed E-state index contributed by atoms with van der Waals surface area (Å²) in [4.78, 5) is 11.2. The molecular formula is C12H13BrN2O2. The molecule has 0 fully saturated rings. The molecule has 0 aliphatic heterocycles. The maximum absolute atomic E-state index is 11.2. The van der Waals surface area contributed by atoms with Crippen LogP contribution in [-0.2, 0) is 5.54 Å². The third-order valence-electron chi connectivity index (χ3n) is 2.52. The van der Waals surface area contributed by atoms with Crippen LogP contribution in [0.3, 0.4) is 0 Å². The summed E-state index contributed by atoms with van der Waals surface area (Å²) < 4.78 is 2.58. The first-order valence-corrected chi connectivity index (χ1v) is 6.01. The number of benzene rings is 1. The van der Waals surface area contributed by atoms with E-state index < -0.39 is 5.97 Å². The summed E-state index contributed by atoms with van der Waals surface area (Å²) in [6.45, 7) is 6.09. The van der Waals surface area contributed by atoms with Crippen molar-refractivity contribution in [3.63, 3.8) is 0 Å². The van der Waals surface area contributed by atoms with Gasteiger partial charge < -0.3 is 5.11 Å². The average Bonchev–Trinajstić information content (AvgIpc) is 2.58. The molecule has 1 aromatic carbocycles. The molecule has 0 spiro atoms. The minimum absolute atomic E-state index is 0.182. The Morgan fingerprint density at radius 1 is 1.41 bits per heavy atom. The van der Waals surface area contributed by atoms with E-state index in [1.807, 2.05) is 31.5 Å². The summed E-state index contributed by atoms with van der Waals surface area (Å²) >= 11 is 3.33. The predicted octanol–water partition coefficient (Wildman–Crippen LogP) is 3.25. The average molecular weight is 297 g/mol. The van der Waals surface area contributed by atoms with Crippen LogP contribution in [0.25, 0.3) is 10.9 Å². The van der Waals surface area contributed by atoms with E-state index in [1.54, 1.807) is 12.3 Å². The highest BCUT2D eigenvalue weighted by atomic mass is 79.9. The van der Waals surface area contributed by atoms with E-state index in [0.29, 0.717) is 5.39 Å². The molecule has 1 N–H and O–H groups in total. The molecule has 2 aromatic rings. The zero-order chi connectivity index (χ0) is 12.8. The van der Waals surface area contributed by atoms with Crippen LogP contribution in [0, 0.1) is 0 Å². The third kappa shape index (κ3) is 2.07. The van der Waals surface area contributed by atoms with E-state index in [1.165, 1.54) is 0 Å². The van der Waals surface area contributed by atoms with Gasteiger partial charge in [-0.1, -0.05) is 15.9 Å². The van der Waals surface area contributed by atoms with Gasteiger partial charge in [-0.25, -0.2) is 4.79 Å². The molecule has 0 radical (unpaired) electrons. The van der Waals surface area contributed by atoms with Crippen molar-refractivity contribution in [1.29, 1.82) is 0 Å². The molecule has 4 nitrogen and oxygen atoms in total. The Morgan fingerprint density at radius 2 is 2.06 bits per heavy atom. The van der Waals surface area contributed by atoms with Gasteiger partial charge in [0, 0.05) is 9.86 Å². The van der Waals surface area contributed by atoms with E-state index >= 15 is 0 Å². The molecular weight excluding hydrogens is 284 g/mol. The lowest BCUT2D eigenvalue weighted by molar-refractivity contribution is 0.0699. The van der Waals surface area contributed by atoms with E-state index in [2.05, 4.69) is 21.0 Å². The van der Waals surface area contributed by atoms with Gasteiger partial charge in [0.2, 0.25) is 0 Å². The predicted molar refractivity (Wildman–Crippen MR) is 69.4 cm³/mol. The van der Waals surface area contributed by atoms with E-state index in [4.69, 9.17) is 5.11 Å². The SMILES string of the molecule is CC(C)(C)n1ncc2c(C(=O)O)cc(Br)cc21. The van der Waals surface area contributed by atoms with Crippen molar-refractivity contribution in [2.75, 3.05) is 0 Å². The number of carboxylic acids is 1. The first kappa shape index (κ1) is 12.1. The second-order valence-corrected chi connectivity index (χ2v) is 5.83. The molecule has 0 bridgehead atoms. The molecule has 0 unspecified atom stereocenters. The van der Waals surface area contributed by atoms with Crippen molar-refractivity contribution >= 4 is 32.8 Å². The normalized spacial score (nSPS) is 12.0. The second-order valence-electron chi connectivity index (χ2n) is 4.92. The fourth-order valence-electron chi connectivity index (χ4n) is 1.80. The minimum Gasteiger partial charge on any atom is -0.478 e. The summed E-state index contributed by atoms with van der Waals surface area (Å²) in [6, 6.07) is 3.49. The van der Waals surface area contributed by atoms with Gasteiger partial charge in [0.15, 0.2) is 0 Å². The number of hydrogen-bond acceptors (Lipinski definition) is 2. The maximum atomic E-state index is 11.2. The summed E-state index contributed by atoms with van der Waals surface area (Å²) in [5.41, 5.74) is 0.910. The smallest absolute Gasteiger partial charge is 0.336 e. The lowest BCUT2D eigenvalue weighted by atomic mass is 10.1. The Balaban J connectivity index is 2.83. The molecule has 0 atom stereocenters. The largest absolute Gasteiger partial charge is 0.478 e. The van der Waals surface area contributed by atoms with Crippen molar-refractivity contribution in [3.8, 4) is 0 Å². The molecule has 2 rings (SSSR count). The lowest BCUT2D eigenvalue weighted by Gasteiger charge is -2.20. The van der Waals surface area contributed by atoms with E-state index in [-0.39, 0.29) is 11.1 Å². The molecule has 1 aromatic heterocycles. The number of nitrogens with zero attached hydrogens (tertiary/aromatic N) is 2. The Kier molecular flexibility index (Phi) is 2.73. The standard InChI is InChI=1S/C12H13BrN2O2/c1-12(2,3)15-10-5-7(13)4-8(11(16)17)9(10)6-14-15/h4-6H,1-3H3,(H,16,17). The Bertz CT molecular complexity index is 596. The number of carbonyl (C=O) groups is 1. The highest BCUT2D eigenvalue weighted by Gasteiger charge is 2.20. The molecule has 17 heavy (non-hydrogen) atoms. The van der Waals surface area contributed by atoms with Crippen molar-refractivity contribution in [1.82, 2.24) is 9.78 Å². The first-order chi connectivity index (χ1) is 7.80. The van der Waals surface area contributed by atoms with Crippen LogP contribution in [-0.4, -0.2) is 20.9 Å². The van der Waals surface area contributed by atoms with Gasteiger partial charge in [0.05, 0.1) is 22.8 Å². The van der Waals surface area contributed by atoms with Gasteiger partial charge in [-0.2, -0.15) is 5.10 Å². The lowest BCUT2D eigenvalue weighted by Crippen LogP contribution is -2.22. The molecule has 0 amide bonds.